The largest absolute Gasteiger partial charge is 0.480 e. The number of aromatic nitrogens is 4. The number of fused-ring (bicyclic) bond motifs is 2. The number of imidazole rings is 1. The summed E-state index contributed by atoms with van der Waals surface area (Å²) in [4.78, 5) is 43.0. The summed E-state index contributed by atoms with van der Waals surface area (Å²) < 4.78 is 26.9. The van der Waals surface area contributed by atoms with Crippen LogP contribution in [0.5, 0.6) is 5.88 Å². The molecule has 0 radical (unpaired) electrons. The lowest BCUT2D eigenvalue weighted by Gasteiger charge is -2.29. The van der Waals surface area contributed by atoms with Gasteiger partial charge in [0.05, 0.1) is 42.0 Å². The van der Waals surface area contributed by atoms with Crippen molar-refractivity contribution >= 4 is 40.1 Å². The van der Waals surface area contributed by atoms with E-state index in [9.17, 15) is 14.0 Å². The van der Waals surface area contributed by atoms with E-state index in [-0.39, 0.29) is 34.9 Å². The summed E-state index contributed by atoms with van der Waals surface area (Å²) in [7, 11) is 3.21. The molecule has 5 rings (SSSR count). The van der Waals surface area contributed by atoms with E-state index in [4.69, 9.17) is 9.47 Å². The number of hydrogen-bond donors (Lipinski definition) is 1. The zero-order chi connectivity index (χ0) is 28.8. The van der Waals surface area contributed by atoms with E-state index in [1.165, 1.54) is 23.8 Å². The summed E-state index contributed by atoms with van der Waals surface area (Å²) in [6.07, 6.45) is 5.15. The molecule has 1 unspecified atom stereocenters. The summed E-state index contributed by atoms with van der Waals surface area (Å²) in [6, 6.07) is 4.66. The number of likely N-dealkylation sites (N-methyl/N-ethyl adjacent to an activating group) is 1. The smallest absolute Gasteiger partial charge is 0.410 e. The van der Waals surface area contributed by atoms with Crippen molar-refractivity contribution in [2.24, 2.45) is 0 Å². The minimum Gasteiger partial charge on any atom is -0.480 e. The fraction of sp³-hybridized carbons (Fsp3) is 0.393. The first kappa shape index (κ1) is 27.1. The van der Waals surface area contributed by atoms with E-state index in [0.717, 1.165) is 12.1 Å². The Morgan fingerprint density at radius 3 is 2.67 bits per heavy atom. The van der Waals surface area contributed by atoms with Crippen LogP contribution < -0.4 is 15.0 Å². The average Bonchev–Trinajstić information content (AvgIpc) is 3.53. The number of ether oxygens (including phenoxy) is 2. The summed E-state index contributed by atoms with van der Waals surface area (Å²) in [5.41, 5.74) is 2.43. The van der Waals surface area contributed by atoms with Gasteiger partial charge in [-0.3, -0.25) is 4.79 Å². The minimum atomic E-state index is -0.583. The highest BCUT2D eigenvalue weighted by Crippen LogP contribution is 2.32. The Kier molecular flexibility index (Phi) is 6.94. The van der Waals surface area contributed by atoms with Gasteiger partial charge in [0.1, 0.15) is 16.6 Å². The number of pyridine rings is 1. The molecule has 4 aromatic rings. The number of hydrogen-bond acceptors (Lipinski definition) is 8. The maximum Gasteiger partial charge on any atom is 0.410 e. The molecule has 0 bridgehead atoms. The lowest BCUT2D eigenvalue weighted by molar-refractivity contribution is 0.0237. The second kappa shape index (κ2) is 10.2. The Hall–Kier alpha value is -4.48. The highest BCUT2D eigenvalue weighted by atomic mass is 19.1. The van der Waals surface area contributed by atoms with Gasteiger partial charge in [-0.05, 0) is 46.2 Å². The van der Waals surface area contributed by atoms with Crippen molar-refractivity contribution in [2.45, 2.75) is 45.8 Å². The first-order valence-electron chi connectivity index (χ1n) is 12.9. The zero-order valence-electron chi connectivity index (χ0n) is 23.4. The maximum absolute atomic E-state index is 14.6. The third-order valence-corrected chi connectivity index (χ3v) is 6.73. The molecule has 3 aromatic heterocycles. The van der Waals surface area contributed by atoms with Crippen LogP contribution in [0.4, 0.5) is 20.6 Å². The van der Waals surface area contributed by atoms with Gasteiger partial charge in [-0.15, -0.1) is 0 Å². The third kappa shape index (κ3) is 5.33. The Bertz CT molecular complexity index is 1610. The number of methoxy groups -OCH3 is 1. The SMILES string of the molecule is COc1cnc2c(N3CCC(N(C)C(=O)OC(C)(C)C)C3)ccc(C(=O)Nc3cc(F)c4nc(C)cn4c3)c2n1. The van der Waals surface area contributed by atoms with Gasteiger partial charge in [0.15, 0.2) is 11.5 Å². The lowest BCUT2D eigenvalue weighted by Crippen LogP contribution is -2.42. The van der Waals surface area contributed by atoms with Gasteiger partial charge in [0, 0.05) is 38.6 Å². The summed E-state index contributed by atoms with van der Waals surface area (Å²) in [5.74, 6) is -0.768. The molecule has 0 saturated carbocycles. The Morgan fingerprint density at radius 2 is 1.95 bits per heavy atom. The quantitative estimate of drug-likeness (QED) is 0.389. The van der Waals surface area contributed by atoms with Crippen LogP contribution >= 0.6 is 0 Å². The molecule has 210 valence electrons. The zero-order valence-corrected chi connectivity index (χ0v) is 23.4. The summed E-state index contributed by atoms with van der Waals surface area (Å²) >= 11 is 0. The van der Waals surface area contributed by atoms with E-state index in [2.05, 4.69) is 25.2 Å². The molecular formula is C28H32FN7O4. The molecule has 2 amide bonds. The molecule has 1 N–H and O–H groups in total. The molecule has 11 nitrogen and oxygen atoms in total. The molecule has 1 aliphatic rings. The number of carbonyl (C=O) groups is 2. The molecule has 4 heterocycles. The third-order valence-electron chi connectivity index (χ3n) is 6.73. The predicted octanol–water partition coefficient (Wildman–Crippen LogP) is 4.43. The Morgan fingerprint density at radius 1 is 1.18 bits per heavy atom. The maximum atomic E-state index is 14.6. The van der Waals surface area contributed by atoms with Crippen molar-refractivity contribution in [3.8, 4) is 5.88 Å². The number of benzene rings is 1. The van der Waals surface area contributed by atoms with Crippen molar-refractivity contribution in [2.75, 3.05) is 37.5 Å². The van der Waals surface area contributed by atoms with Gasteiger partial charge < -0.3 is 29.0 Å². The number of nitrogens with one attached hydrogen (secondary N) is 1. The molecular weight excluding hydrogens is 517 g/mol. The first-order chi connectivity index (χ1) is 18.9. The van der Waals surface area contributed by atoms with Gasteiger partial charge in [-0.1, -0.05) is 0 Å². The summed E-state index contributed by atoms with van der Waals surface area (Å²) in [5, 5.41) is 2.76. The van der Waals surface area contributed by atoms with Gasteiger partial charge in [-0.2, -0.15) is 0 Å². The summed E-state index contributed by atoms with van der Waals surface area (Å²) in [6.45, 7) is 8.52. The van der Waals surface area contributed by atoms with Crippen LogP contribution in [0.25, 0.3) is 16.7 Å². The first-order valence-corrected chi connectivity index (χ1v) is 12.9. The van der Waals surface area contributed by atoms with Gasteiger partial charge in [0.25, 0.3) is 5.91 Å². The van der Waals surface area contributed by atoms with Gasteiger partial charge >= 0.3 is 6.09 Å². The molecule has 0 spiro atoms. The lowest BCUT2D eigenvalue weighted by atomic mass is 10.1. The van der Waals surface area contributed by atoms with E-state index >= 15 is 0 Å². The fourth-order valence-corrected chi connectivity index (χ4v) is 4.81. The number of halogens is 1. The number of aryl methyl sites for hydroxylation is 1. The van der Waals surface area contributed by atoms with Crippen LogP contribution in [0.1, 0.15) is 43.2 Å². The second-order valence-corrected chi connectivity index (χ2v) is 10.9. The van der Waals surface area contributed by atoms with Crippen LogP contribution in [0, 0.1) is 12.7 Å². The van der Waals surface area contributed by atoms with Crippen molar-refractivity contribution in [3.05, 3.63) is 53.9 Å². The van der Waals surface area contributed by atoms with E-state index in [1.807, 2.05) is 26.8 Å². The van der Waals surface area contributed by atoms with Crippen molar-refractivity contribution in [1.29, 1.82) is 0 Å². The van der Waals surface area contributed by atoms with Crippen LogP contribution in [-0.4, -0.2) is 75.1 Å². The number of rotatable bonds is 5. The highest BCUT2D eigenvalue weighted by Gasteiger charge is 2.32. The average molecular weight is 550 g/mol. The van der Waals surface area contributed by atoms with Crippen LogP contribution in [0.15, 0.2) is 36.8 Å². The molecule has 0 aliphatic carbocycles. The van der Waals surface area contributed by atoms with Crippen molar-refractivity contribution in [3.63, 3.8) is 0 Å². The standard InChI is InChI=1S/C28H32FN7O4/c1-16-13-36-14-17(11-20(29)25(36)31-16)32-26(37)19-7-8-21(24-23(19)33-22(39-6)12-30-24)35-10-9-18(15-35)34(5)27(38)40-28(2,3)4/h7-8,11-14,18H,9-10,15H2,1-6H3,(H,32,37). The molecule has 1 saturated heterocycles. The number of anilines is 2. The minimum absolute atomic E-state index is 0.0595. The highest BCUT2D eigenvalue weighted by molar-refractivity contribution is 6.13. The molecule has 12 heteroatoms. The van der Waals surface area contributed by atoms with E-state index in [1.54, 1.807) is 37.3 Å². The Labute approximate surface area is 230 Å². The molecule has 1 aromatic carbocycles. The number of carbonyl (C=O) groups excluding carboxylic acids is 2. The number of nitrogens with zero attached hydrogens (tertiary/aromatic N) is 6. The topological polar surface area (TPSA) is 114 Å². The van der Waals surface area contributed by atoms with Crippen LogP contribution in [0.2, 0.25) is 0 Å². The van der Waals surface area contributed by atoms with E-state index < -0.39 is 17.3 Å². The predicted molar refractivity (Wildman–Crippen MR) is 149 cm³/mol. The van der Waals surface area contributed by atoms with Gasteiger partial charge in [0.2, 0.25) is 5.88 Å². The van der Waals surface area contributed by atoms with Crippen LogP contribution in [0.3, 0.4) is 0 Å². The molecule has 40 heavy (non-hydrogen) atoms. The second-order valence-electron chi connectivity index (χ2n) is 10.9. The molecule has 1 atom stereocenters. The van der Waals surface area contributed by atoms with Crippen molar-refractivity contribution in [1.82, 2.24) is 24.3 Å². The van der Waals surface area contributed by atoms with Gasteiger partial charge in [-0.25, -0.2) is 24.1 Å². The molecule has 1 aliphatic heterocycles. The fourth-order valence-electron chi connectivity index (χ4n) is 4.81. The normalized spacial score (nSPS) is 15.5. The van der Waals surface area contributed by atoms with Crippen LogP contribution in [-0.2, 0) is 4.74 Å². The monoisotopic (exact) mass is 549 g/mol. The Balaban J connectivity index is 1.43. The van der Waals surface area contributed by atoms with E-state index in [0.29, 0.717) is 29.8 Å². The molecule has 1 fully saturated rings. The van der Waals surface area contributed by atoms with Crippen molar-refractivity contribution < 1.29 is 23.5 Å². The number of amides is 2.